The van der Waals surface area contributed by atoms with E-state index >= 15 is 0 Å². The molecule has 1 aliphatic rings. The second-order valence-corrected chi connectivity index (χ2v) is 2.21. The molecule has 0 radical (unpaired) electrons. The molecule has 4 heteroatoms. The monoisotopic (exact) mass is 126 g/mol. The van der Waals surface area contributed by atoms with Gasteiger partial charge in [0.25, 0.3) is 0 Å². The summed E-state index contributed by atoms with van der Waals surface area (Å²) in [4.78, 5) is 2.68. The first-order valence-corrected chi connectivity index (χ1v) is 3.17. The molecule has 0 unspecified atom stereocenters. The Labute approximate surface area is 53.9 Å². The molecular weight excluding hydrogens is 116 g/mol. The van der Waals surface area contributed by atoms with Crippen molar-refractivity contribution in [2.45, 2.75) is 18.9 Å². The Bertz CT molecular complexity index is 121. The molecule has 1 atom stereocenters. The van der Waals surface area contributed by atoms with Gasteiger partial charge >= 0.3 is 0 Å². The summed E-state index contributed by atoms with van der Waals surface area (Å²) in [6, 6.07) is 0.445. The van der Waals surface area contributed by atoms with Crippen molar-refractivity contribution in [1.29, 1.82) is 0 Å². The second kappa shape index (κ2) is 3.33. The molecule has 0 aromatic heterocycles. The third-order valence-electron chi connectivity index (χ3n) is 1.53. The number of hydrogen-bond donors (Lipinski definition) is 1. The van der Waals surface area contributed by atoms with Crippen LogP contribution in [0.1, 0.15) is 12.8 Å². The quantitative estimate of drug-likeness (QED) is 0.335. The molecule has 0 aliphatic carbocycles. The third-order valence-corrected chi connectivity index (χ3v) is 1.53. The van der Waals surface area contributed by atoms with Crippen molar-refractivity contribution >= 4 is 0 Å². The summed E-state index contributed by atoms with van der Waals surface area (Å²) in [6.45, 7) is 1.68. The number of azide groups is 1. The Morgan fingerprint density at radius 3 is 3.22 bits per heavy atom. The van der Waals surface area contributed by atoms with E-state index in [1.165, 1.54) is 6.42 Å². The van der Waals surface area contributed by atoms with Gasteiger partial charge in [-0.3, -0.25) is 0 Å². The zero-order valence-electron chi connectivity index (χ0n) is 5.25. The molecule has 50 valence electrons. The van der Waals surface area contributed by atoms with E-state index in [-0.39, 0.29) is 0 Å². The minimum Gasteiger partial charge on any atom is -0.314 e. The molecular formula is C5H10N4. The molecule has 0 saturated carbocycles. The summed E-state index contributed by atoms with van der Waals surface area (Å²) in [5.41, 5.74) is 7.96. The molecule has 1 saturated heterocycles. The van der Waals surface area contributed by atoms with Gasteiger partial charge in [-0.05, 0) is 24.9 Å². The molecule has 1 fully saturated rings. The van der Waals surface area contributed by atoms with Crippen LogP contribution < -0.4 is 5.32 Å². The van der Waals surface area contributed by atoms with E-state index in [0.717, 1.165) is 13.0 Å². The van der Waals surface area contributed by atoms with Gasteiger partial charge in [-0.1, -0.05) is 5.11 Å². The number of hydrogen-bond acceptors (Lipinski definition) is 2. The topological polar surface area (TPSA) is 60.8 Å². The average molecular weight is 126 g/mol. The van der Waals surface area contributed by atoms with Crippen LogP contribution in [0.3, 0.4) is 0 Å². The van der Waals surface area contributed by atoms with Crippen LogP contribution in [-0.2, 0) is 0 Å². The normalized spacial score (nSPS) is 25.6. The van der Waals surface area contributed by atoms with Crippen molar-refractivity contribution in [2.75, 3.05) is 13.1 Å². The van der Waals surface area contributed by atoms with Crippen LogP contribution >= 0.6 is 0 Å². The molecule has 1 N–H and O–H groups in total. The van der Waals surface area contributed by atoms with Crippen molar-refractivity contribution in [2.24, 2.45) is 5.11 Å². The molecule has 1 aliphatic heterocycles. The van der Waals surface area contributed by atoms with Crippen LogP contribution in [0.15, 0.2) is 5.11 Å². The molecule has 1 rings (SSSR count). The van der Waals surface area contributed by atoms with E-state index in [4.69, 9.17) is 5.53 Å². The zero-order valence-corrected chi connectivity index (χ0v) is 5.25. The molecule has 0 spiro atoms. The van der Waals surface area contributed by atoms with E-state index in [0.29, 0.717) is 12.6 Å². The predicted octanol–water partition coefficient (Wildman–Crippen LogP) is 1.05. The van der Waals surface area contributed by atoms with Crippen LogP contribution in [-0.4, -0.2) is 19.1 Å². The molecule has 0 aromatic carbocycles. The summed E-state index contributed by atoms with van der Waals surface area (Å²) >= 11 is 0. The van der Waals surface area contributed by atoms with Gasteiger partial charge in [-0.15, -0.1) is 0 Å². The molecule has 0 bridgehead atoms. The van der Waals surface area contributed by atoms with Gasteiger partial charge < -0.3 is 5.32 Å². The van der Waals surface area contributed by atoms with Crippen molar-refractivity contribution in [3.8, 4) is 0 Å². The summed E-state index contributed by atoms with van der Waals surface area (Å²) < 4.78 is 0. The second-order valence-electron chi connectivity index (χ2n) is 2.21. The Kier molecular flexibility index (Phi) is 2.36. The lowest BCUT2D eigenvalue weighted by Gasteiger charge is -2.02. The third kappa shape index (κ3) is 1.91. The number of rotatable bonds is 2. The summed E-state index contributed by atoms with van der Waals surface area (Å²) in [5, 5.41) is 6.70. The van der Waals surface area contributed by atoms with E-state index in [9.17, 15) is 0 Å². The fourth-order valence-electron chi connectivity index (χ4n) is 1.05. The maximum atomic E-state index is 7.96. The van der Waals surface area contributed by atoms with E-state index in [1.54, 1.807) is 0 Å². The van der Waals surface area contributed by atoms with Crippen LogP contribution in [0.4, 0.5) is 0 Å². The van der Waals surface area contributed by atoms with Crippen LogP contribution in [0.2, 0.25) is 0 Å². The fourth-order valence-corrected chi connectivity index (χ4v) is 1.05. The van der Waals surface area contributed by atoms with E-state index < -0.39 is 0 Å². The maximum absolute atomic E-state index is 7.96. The highest BCUT2D eigenvalue weighted by molar-refractivity contribution is 4.75. The van der Waals surface area contributed by atoms with Crippen molar-refractivity contribution in [3.63, 3.8) is 0 Å². The Hall–Kier alpha value is -0.730. The summed E-state index contributed by atoms with van der Waals surface area (Å²) in [5.74, 6) is 0. The first-order chi connectivity index (χ1) is 4.43. The Morgan fingerprint density at radius 1 is 1.78 bits per heavy atom. The predicted molar refractivity (Wildman–Crippen MR) is 35.0 cm³/mol. The highest BCUT2D eigenvalue weighted by Gasteiger charge is 2.11. The largest absolute Gasteiger partial charge is 0.314 e. The van der Waals surface area contributed by atoms with Gasteiger partial charge in [-0.2, -0.15) is 0 Å². The first kappa shape index (κ1) is 6.39. The lowest BCUT2D eigenvalue weighted by molar-refractivity contribution is 0.615. The highest BCUT2D eigenvalue weighted by atomic mass is 15.1. The zero-order chi connectivity index (χ0) is 6.53. The van der Waals surface area contributed by atoms with E-state index in [1.807, 2.05) is 0 Å². The molecule has 1 heterocycles. The Morgan fingerprint density at radius 2 is 2.67 bits per heavy atom. The fraction of sp³-hybridized carbons (Fsp3) is 1.00. The molecule has 0 aromatic rings. The first-order valence-electron chi connectivity index (χ1n) is 3.17. The summed E-state index contributed by atoms with van der Waals surface area (Å²) in [7, 11) is 0. The van der Waals surface area contributed by atoms with Gasteiger partial charge in [0.05, 0.1) is 0 Å². The SMILES string of the molecule is [N-]=[N+]=NC[C@H]1CCCN1. The smallest absolute Gasteiger partial charge is 0.0412 e. The van der Waals surface area contributed by atoms with Gasteiger partial charge in [-0.25, -0.2) is 0 Å². The van der Waals surface area contributed by atoms with Crippen molar-refractivity contribution in [1.82, 2.24) is 5.32 Å². The molecule has 9 heavy (non-hydrogen) atoms. The Balaban J connectivity index is 2.18. The summed E-state index contributed by atoms with van der Waals surface area (Å²) in [6.07, 6.45) is 2.37. The van der Waals surface area contributed by atoms with Gasteiger partial charge in [0.15, 0.2) is 0 Å². The van der Waals surface area contributed by atoms with Gasteiger partial charge in [0, 0.05) is 17.5 Å². The lowest BCUT2D eigenvalue weighted by Crippen LogP contribution is -2.23. The molecule has 4 nitrogen and oxygen atoms in total. The minimum atomic E-state index is 0.445. The van der Waals surface area contributed by atoms with Crippen LogP contribution in [0, 0.1) is 0 Å². The van der Waals surface area contributed by atoms with Crippen LogP contribution in [0.25, 0.3) is 10.4 Å². The van der Waals surface area contributed by atoms with Crippen LogP contribution in [0.5, 0.6) is 0 Å². The van der Waals surface area contributed by atoms with Gasteiger partial charge in [0.2, 0.25) is 0 Å². The average Bonchev–Trinajstić information content (AvgIpc) is 2.34. The minimum absolute atomic E-state index is 0.445. The van der Waals surface area contributed by atoms with Crippen molar-refractivity contribution in [3.05, 3.63) is 10.4 Å². The van der Waals surface area contributed by atoms with E-state index in [2.05, 4.69) is 15.3 Å². The van der Waals surface area contributed by atoms with Crippen molar-refractivity contribution < 1.29 is 0 Å². The highest BCUT2D eigenvalue weighted by Crippen LogP contribution is 2.04. The van der Waals surface area contributed by atoms with Gasteiger partial charge in [0.1, 0.15) is 0 Å². The maximum Gasteiger partial charge on any atom is 0.0412 e. The number of nitrogens with one attached hydrogen (secondary N) is 1. The number of nitrogens with zero attached hydrogens (tertiary/aromatic N) is 3. The standard InChI is InChI=1S/C5H10N4/c6-9-8-4-5-2-1-3-7-5/h5,7H,1-4H2/t5-/m1/s1. The lowest BCUT2D eigenvalue weighted by atomic mass is 10.2. The molecule has 0 amide bonds.